The summed E-state index contributed by atoms with van der Waals surface area (Å²) in [7, 11) is 0. The Morgan fingerprint density at radius 2 is 2.05 bits per heavy atom. The van der Waals surface area contributed by atoms with Crippen LogP contribution in [0.15, 0.2) is 18.2 Å². The lowest BCUT2D eigenvalue weighted by molar-refractivity contribution is 0.249. The maximum absolute atomic E-state index is 6.08. The van der Waals surface area contributed by atoms with E-state index in [1.807, 2.05) is 18.2 Å². The van der Waals surface area contributed by atoms with Gasteiger partial charge in [-0.15, -0.1) is 0 Å². The Morgan fingerprint density at radius 1 is 1.32 bits per heavy atom. The molecule has 106 valence electrons. The highest BCUT2D eigenvalue weighted by Crippen LogP contribution is 2.28. The number of nitrogens with one attached hydrogen (secondary N) is 1. The fraction of sp³-hybridized carbons (Fsp3) is 0.625. The molecule has 0 amide bonds. The van der Waals surface area contributed by atoms with Gasteiger partial charge in [0.1, 0.15) is 5.75 Å². The summed E-state index contributed by atoms with van der Waals surface area (Å²) in [6.45, 7) is 5.93. The summed E-state index contributed by atoms with van der Waals surface area (Å²) in [4.78, 5) is 0. The van der Waals surface area contributed by atoms with Crippen LogP contribution < -0.4 is 10.1 Å². The number of halogens is 1. The van der Waals surface area contributed by atoms with Crippen molar-refractivity contribution >= 4 is 11.6 Å². The van der Waals surface area contributed by atoms with Crippen LogP contribution in [0.1, 0.15) is 45.1 Å². The van der Waals surface area contributed by atoms with Crippen molar-refractivity contribution in [2.45, 2.75) is 52.1 Å². The molecular weight excluding hydrogens is 258 g/mol. The Kier molecular flexibility index (Phi) is 5.53. The molecule has 2 nitrogen and oxygen atoms in total. The second-order valence-electron chi connectivity index (χ2n) is 5.75. The molecule has 0 aromatic heterocycles. The van der Waals surface area contributed by atoms with Crippen LogP contribution in [0.2, 0.25) is 5.02 Å². The largest absolute Gasteiger partial charge is 0.493 e. The first-order valence-electron chi connectivity index (χ1n) is 7.30. The van der Waals surface area contributed by atoms with Gasteiger partial charge in [0, 0.05) is 23.2 Å². The third-order valence-electron chi connectivity index (χ3n) is 3.67. The SMILES string of the molecule is CC(C)NCc1cc(Cl)ccc1OCC1CCCC1. The summed E-state index contributed by atoms with van der Waals surface area (Å²) in [6.07, 6.45) is 5.34. The number of rotatable bonds is 6. The van der Waals surface area contributed by atoms with E-state index in [2.05, 4.69) is 19.2 Å². The normalized spacial score (nSPS) is 16.2. The van der Waals surface area contributed by atoms with Crippen LogP contribution in [-0.4, -0.2) is 12.6 Å². The van der Waals surface area contributed by atoms with Crippen LogP contribution in [0, 0.1) is 5.92 Å². The monoisotopic (exact) mass is 281 g/mol. The minimum Gasteiger partial charge on any atom is -0.493 e. The van der Waals surface area contributed by atoms with Crippen LogP contribution >= 0.6 is 11.6 Å². The molecule has 0 aliphatic heterocycles. The Hall–Kier alpha value is -0.730. The van der Waals surface area contributed by atoms with E-state index in [4.69, 9.17) is 16.3 Å². The molecule has 1 fully saturated rings. The molecular formula is C16H24ClNO. The van der Waals surface area contributed by atoms with Crippen molar-refractivity contribution in [2.75, 3.05) is 6.61 Å². The van der Waals surface area contributed by atoms with Gasteiger partial charge < -0.3 is 10.1 Å². The van der Waals surface area contributed by atoms with Gasteiger partial charge in [-0.1, -0.05) is 38.3 Å². The molecule has 0 radical (unpaired) electrons. The number of benzene rings is 1. The van der Waals surface area contributed by atoms with E-state index in [1.54, 1.807) is 0 Å². The Bertz CT molecular complexity index is 400. The summed E-state index contributed by atoms with van der Waals surface area (Å²) < 4.78 is 6.01. The molecule has 1 saturated carbocycles. The van der Waals surface area contributed by atoms with Crippen molar-refractivity contribution in [2.24, 2.45) is 5.92 Å². The summed E-state index contributed by atoms with van der Waals surface area (Å²) in [6, 6.07) is 6.36. The molecule has 1 N–H and O–H groups in total. The Morgan fingerprint density at radius 3 is 2.74 bits per heavy atom. The zero-order chi connectivity index (χ0) is 13.7. The summed E-state index contributed by atoms with van der Waals surface area (Å²) in [5.74, 6) is 1.71. The average molecular weight is 282 g/mol. The first-order chi connectivity index (χ1) is 9.15. The second-order valence-corrected chi connectivity index (χ2v) is 6.19. The van der Waals surface area contributed by atoms with Gasteiger partial charge in [-0.05, 0) is 37.0 Å². The van der Waals surface area contributed by atoms with Crippen LogP contribution in [0.3, 0.4) is 0 Å². The van der Waals surface area contributed by atoms with Crippen LogP contribution in [-0.2, 0) is 6.54 Å². The zero-order valence-corrected chi connectivity index (χ0v) is 12.7. The number of hydrogen-bond acceptors (Lipinski definition) is 2. The molecule has 0 unspecified atom stereocenters. The molecule has 1 aromatic carbocycles. The van der Waals surface area contributed by atoms with Gasteiger partial charge in [-0.25, -0.2) is 0 Å². The van der Waals surface area contributed by atoms with Crippen molar-refractivity contribution in [3.63, 3.8) is 0 Å². The van der Waals surface area contributed by atoms with Crippen molar-refractivity contribution in [1.29, 1.82) is 0 Å². The van der Waals surface area contributed by atoms with Gasteiger partial charge in [0.15, 0.2) is 0 Å². The molecule has 1 aliphatic carbocycles. The van der Waals surface area contributed by atoms with E-state index in [9.17, 15) is 0 Å². The Labute approximate surface area is 121 Å². The van der Waals surface area contributed by atoms with Gasteiger partial charge in [-0.3, -0.25) is 0 Å². The van der Waals surface area contributed by atoms with Gasteiger partial charge >= 0.3 is 0 Å². The lowest BCUT2D eigenvalue weighted by Crippen LogP contribution is -2.22. The average Bonchev–Trinajstić information content (AvgIpc) is 2.88. The highest BCUT2D eigenvalue weighted by Gasteiger charge is 2.16. The fourth-order valence-corrected chi connectivity index (χ4v) is 2.72. The fourth-order valence-electron chi connectivity index (χ4n) is 2.53. The highest BCUT2D eigenvalue weighted by atomic mass is 35.5. The first-order valence-corrected chi connectivity index (χ1v) is 7.67. The summed E-state index contributed by atoms with van der Waals surface area (Å²) in [5, 5.41) is 4.19. The molecule has 0 heterocycles. The molecule has 2 rings (SSSR count). The van der Waals surface area contributed by atoms with E-state index in [0.717, 1.165) is 35.4 Å². The molecule has 0 saturated heterocycles. The Balaban J connectivity index is 1.96. The van der Waals surface area contributed by atoms with Crippen LogP contribution in [0.25, 0.3) is 0 Å². The van der Waals surface area contributed by atoms with Gasteiger partial charge in [0.2, 0.25) is 0 Å². The van der Waals surface area contributed by atoms with E-state index < -0.39 is 0 Å². The molecule has 1 aliphatic rings. The second kappa shape index (κ2) is 7.16. The highest BCUT2D eigenvalue weighted by molar-refractivity contribution is 6.30. The summed E-state index contributed by atoms with van der Waals surface area (Å²) in [5.41, 5.74) is 1.15. The lowest BCUT2D eigenvalue weighted by atomic mass is 10.1. The van der Waals surface area contributed by atoms with Gasteiger partial charge in [0.05, 0.1) is 6.61 Å². The van der Waals surface area contributed by atoms with Gasteiger partial charge in [-0.2, -0.15) is 0 Å². The predicted molar refractivity (Wildman–Crippen MR) is 80.9 cm³/mol. The molecule has 3 heteroatoms. The molecule has 0 spiro atoms. The van der Waals surface area contributed by atoms with E-state index in [1.165, 1.54) is 25.7 Å². The van der Waals surface area contributed by atoms with Crippen molar-refractivity contribution in [3.05, 3.63) is 28.8 Å². The molecule has 1 aromatic rings. The minimum atomic E-state index is 0.460. The standard InChI is InChI=1S/C16H24ClNO/c1-12(2)18-10-14-9-15(17)7-8-16(14)19-11-13-5-3-4-6-13/h7-9,12-13,18H,3-6,10-11H2,1-2H3. The van der Waals surface area contributed by atoms with Crippen molar-refractivity contribution in [1.82, 2.24) is 5.32 Å². The first kappa shape index (κ1) is 14.7. The molecule has 19 heavy (non-hydrogen) atoms. The lowest BCUT2D eigenvalue weighted by Gasteiger charge is -2.16. The summed E-state index contributed by atoms with van der Waals surface area (Å²) >= 11 is 6.08. The third kappa shape index (κ3) is 4.70. The van der Waals surface area contributed by atoms with Crippen molar-refractivity contribution < 1.29 is 4.74 Å². The predicted octanol–water partition coefficient (Wildman–Crippen LogP) is 4.41. The van der Waals surface area contributed by atoms with Crippen LogP contribution in [0.4, 0.5) is 0 Å². The maximum atomic E-state index is 6.08. The quantitative estimate of drug-likeness (QED) is 0.834. The van der Waals surface area contributed by atoms with Gasteiger partial charge in [0.25, 0.3) is 0 Å². The maximum Gasteiger partial charge on any atom is 0.123 e. The minimum absolute atomic E-state index is 0.460. The number of hydrogen-bond donors (Lipinski definition) is 1. The number of ether oxygens (including phenoxy) is 1. The zero-order valence-electron chi connectivity index (χ0n) is 11.9. The third-order valence-corrected chi connectivity index (χ3v) is 3.91. The van der Waals surface area contributed by atoms with E-state index in [0.29, 0.717) is 6.04 Å². The topological polar surface area (TPSA) is 21.3 Å². The molecule has 0 bridgehead atoms. The van der Waals surface area contributed by atoms with Crippen molar-refractivity contribution in [3.8, 4) is 5.75 Å². The smallest absolute Gasteiger partial charge is 0.123 e. The van der Waals surface area contributed by atoms with E-state index >= 15 is 0 Å². The molecule has 0 atom stereocenters. The van der Waals surface area contributed by atoms with E-state index in [-0.39, 0.29) is 0 Å². The van der Waals surface area contributed by atoms with Crippen LogP contribution in [0.5, 0.6) is 5.75 Å².